The highest BCUT2D eigenvalue weighted by Crippen LogP contribution is 2.32. The van der Waals surface area contributed by atoms with Crippen LogP contribution in [0.15, 0.2) is 53.3 Å². The topological polar surface area (TPSA) is 81.2 Å². The Labute approximate surface area is 218 Å². The van der Waals surface area contributed by atoms with Gasteiger partial charge in [0.25, 0.3) is 11.5 Å². The molecule has 1 unspecified atom stereocenters. The minimum atomic E-state index is -0.456. The van der Waals surface area contributed by atoms with Crippen molar-refractivity contribution in [3.05, 3.63) is 98.5 Å². The normalized spacial score (nSPS) is 13.9. The van der Waals surface area contributed by atoms with Gasteiger partial charge in [0.1, 0.15) is 11.6 Å². The van der Waals surface area contributed by atoms with Crippen LogP contribution in [0.4, 0.5) is 4.39 Å². The summed E-state index contributed by atoms with van der Waals surface area (Å²) in [7, 11) is 0. The quantitative estimate of drug-likeness (QED) is 0.454. The third-order valence-electron chi connectivity index (χ3n) is 7.16. The number of rotatable bonds is 9. The molecule has 196 valence electrons. The second-order valence-corrected chi connectivity index (χ2v) is 10.3. The molecule has 0 fully saturated rings. The Bertz CT molecular complexity index is 1300. The van der Waals surface area contributed by atoms with Crippen molar-refractivity contribution in [2.75, 3.05) is 13.1 Å². The molecule has 0 bridgehead atoms. The molecule has 1 aliphatic heterocycles. The summed E-state index contributed by atoms with van der Waals surface area (Å²) in [5.41, 5.74) is 8.88. The number of benzene rings is 2. The molecule has 2 heterocycles. The molecule has 7 heteroatoms. The van der Waals surface area contributed by atoms with Gasteiger partial charge in [0, 0.05) is 37.1 Å². The summed E-state index contributed by atoms with van der Waals surface area (Å²) in [6.45, 7) is 7.20. The molecule has 0 saturated heterocycles. The summed E-state index contributed by atoms with van der Waals surface area (Å²) in [6.07, 6.45) is 3.69. The maximum absolute atomic E-state index is 14.4. The number of fused-ring (bicyclic) bond motifs is 1. The molecule has 6 nitrogen and oxygen atoms in total. The number of nitrogens with zero attached hydrogens (tertiary/aromatic N) is 3. The lowest BCUT2D eigenvalue weighted by atomic mass is 9.91. The first-order valence-corrected chi connectivity index (χ1v) is 13.3. The van der Waals surface area contributed by atoms with E-state index in [1.807, 2.05) is 48.7 Å². The predicted molar refractivity (Wildman–Crippen MR) is 144 cm³/mol. The first-order chi connectivity index (χ1) is 17.8. The molecule has 0 radical (unpaired) electrons. The zero-order valence-electron chi connectivity index (χ0n) is 22.0. The van der Waals surface area contributed by atoms with Gasteiger partial charge in [-0.2, -0.15) is 0 Å². The highest BCUT2D eigenvalue weighted by molar-refractivity contribution is 5.94. The average molecular weight is 505 g/mol. The summed E-state index contributed by atoms with van der Waals surface area (Å²) >= 11 is 0. The molecule has 4 rings (SSSR count). The highest BCUT2D eigenvalue weighted by atomic mass is 19.1. The van der Waals surface area contributed by atoms with Crippen LogP contribution in [0.3, 0.4) is 0 Å². The van der Waals surface area contributed by atoms with E-state index >= 15 is 0 Å². The van der Waals surface area contributed by atoms with E-state index in [4.69, 9.17) is 10.7 Å². The summed E-state index contributed by atoms with van der Waals surface area (Å²) < 4.78 is 16.2. The molecule has 2 N–H and O–H groups in total. The minimum Gasteiger partial charge on any atom is -0.330 e. The maximum Gasteiger partial charge on any atom is 0.257 e. The molecule has 0 aliphatic carbocycles. The van der Waals surface area contributed by atoms with E-state index in [1.165, 1.54) is 6.07 Å². The number of carbonyl (C=O) groups excluding carboxylic acids is 1. The fourth-order valence-electron chi connectivity index (χ4n) is 5.19. The van der Waals surface area contributed by atoms with Crippen molar-refractivity contribution in [3.63, 3.8) is 0 Å². The van der Waals surface area contributed by atoms with Crippen LogP contribution >= 0.6 is 0 Å². The highest BCUT2D eigenvalue weighted by Gasteiger charge is 2.34. The van der Waals surface area contributed by atoms with Gasteiger partial charge in [-0.15, -0.1) is 0 Å². The van der Waals surface area contributed by atoms with Crippen LogP contribution in [0, 0.1) is 18.7 Å². The third kappa shape index (κ3) is 5.82. The van der Waals surface area contributed by atoms with Crippen molar-refractivity contribution < 1.29 is 9.18 Å². The van der Waals surface area contributed by atoms with E-state index in [9.17, 15) is 14.0 Å². The van der Waals surface area contributed by atoms with Crippen LogP contribution in [0.25, 0.3) is 0 Å². The number of carbonyl (C=O) groups is 1. The van der Waals surface area contributed by atoms with Gasteiger partial charge in [-0.1, -0.05) is 50.2 Å². The van der Waals surface area contributed by atoms with E-state index < -0.39 is 11.9 Å². The van der Waals surface area contributed by atoms with Crippen molar-refractivity contribution in [2.24, 2.45) is 11.7 Å². The van der Waals surface area contributed by atoms with Crippen molar-refractivity contribution in [1.82, 2.24) is 14.5 Å². The Hall–Kier alpha value is -3.32. The molecule has 1 aromatic heterocycles. The first-order valence-electron chi connectivity index (χ1n) is 13.3. The van der Waals surface area contributed by atoms with Gasteiger partial charge in [-0.05, 0) is 61.9 Å². The number of amides is 1. The summed E-state index contributed by atoms with van der Waals surface area (Å²) in [5.74, 6) is 0.0448. The lowest BCUT2D eigenvalue weighted by molar-refractivity contribution is 0.0612. The summed E-state index contributed by atoms with van der Waals surface area (Å²) in [5, 5.41) is 0. The Balaban J connectivity index is 1.88. The van der Waals surface area contributed by atoms with Crippen LogP contribution in [0.1, 0.15) is 77.7 Å². The predicted octanol–water partition coefficient (Wildman–Crippen LogP) is 4.81. The van der Waals surface area contributed by atoms with Gasteiger partial charge in [0.05, 0.1) is 11.7 Å². The zero-order valence-corrected chi connectivity index (χ0v) is 22.0. The standard InChI is InChI=1S/C30H37FN4O2/c1-20(2)28(35(17-9-15-32)29(36)23-14-13-21(3)25(31)19-23)27-24(18-22-10-5-4-6-11-22)30(37)34-16-8-7-12-26(34)33-27/h4-6,10-11,13-14,19-20,28H,7-9,12,15-18,32H2,1-3H3. The number of hydrogen-bond acceptors (Lipinski definition) is 4. The van der Waals surface area contributed by atoms with Crippen LogP contribution in [-0.2, 0) is 19.4 Å². The summed E-state index contributed by atoms with van der Waals surface area (Å²) in [6, 6.07) is 14.0. The lowest BCUT2D eigenvalue weighted by Crippen LogP contribution is -2.42. The monoisotopic (exact) mass is 504 g/mol. The number of hydrogen-bond donors (Lipinski definition) is 1. The fraction of sp³-hybridized carbons (Fsp3) is 0.433. The van der Waals surface area contributed by atoms with E-state index in [0.29, 0.717) is 49.3 Å². The van der Waals surface area contributed by atoms with Crippen LogP contribution in [-0.4, -0.2) is 33.4 Å². The number of nitrogens with two attached hydrogens (primary N) is 1. The molecule has 2 aromatic carbocycles. The van der Waals surface area contributed by atoms with Crippen molar-refractivity contribution in [1.29, 1.82) is 0 Å². The second-order valence-electron chi connectivity index (χ2n) is 10.3. The van der Waals surface area contributed by atoms with Gasteiger partial charge in [0.2, 0.25) is 0 Å². The first kappa shape index (κ1) is 26.7. The summed E-state index contributed by atoms with van der Waals surface area (Å²) in [4.78, 5) is 34.6. The molecule has 1 aliphatic rings. The number of halogens is 1. The van der Waals surface area contributed by atoms with Gasteiger partial charge in [0.15, 0.2) is 0 Å². The molecule has 1 amide bonds. The van der Waals surface area contributed by atoms with Crippen LogP contribution < -0.4 is 11.3 Å². The molecule has 0 saturated carbocycles. The van der Waals surface area contributed by atoms with E-state index in [2.05, 4.69) is 0 Å². The Kier molecular flexibility index (Phi) is 8.54. The van der Waals surface area contributed by atoms with E-state index in [1.54, 1.807) is 24.0 Å². The third-order valence-corrected chi connectivity index (χ3v) is 7.16. The van der Waals surface area contributed by atoms with Crippen molar-refractivity contribution in [3.8, 4) is 0 Å². The van der Waals surface area contributed by atoms with Gasteiger partial charge < -0.3 is 10.6 Å². The zero-order chi connectivity index (χ0) is 26.5. The Morgan fingerprint density at radius 3 is 2.59 bits per heavy atom. The van der Waals surface area contributed by atoms with Gasteiger partial charge >= 0.3 is 0 Å². The van der Waals surface area contributed by atoms with Crippen LogP contribution in [0.5, 0.6) is 0 Å². The van der Waals surface area contributed by atoms with Crippen molar-refractivity contribution >= 4 is 5.91 Å². The Morgan fingerprint density at radius 2 is 1.92 bits per heavy atom. The molecular weight excluding hydrogens is 467 g/mol. The SMILES string of the molecule is Cc1ccc(C(=O)N(CCCN)C(c2nc3n(c(=O)c2Cc2ccccc2)CCCC3)C(C)C)cc1F. The number of aromatic nitrogens is 2. The van der Waals surface area contributed by atoms with E-state index in [-0.39, 0.29) is 22.9 Å². The minimum absolute atomic E-state index is 0.0261. The van der Waals surface area contributed by atoms with Crippen molar-refractivity contribution in [2.45, 2.75) is 65.5 Å². The maximum atomic E-state index is 14.4. The van der Waals surface area contributed by atoms with Gasteiger partial charge in [-0.25, -0.2) is 9.37 Å². The van der Waals surface area contributed by atoms with E-state index in [0.717, 1.165) is 30.7 Å². The Morgan fingerprint density at radius 1 is 1.16 bits per heavy atom. The molecule has 0 spiro atoms. The molecule has 37 heavy (non-hydrogen) atoms. The second kappa shape index (κ2) is 11.8. The lowest BCUT2D eigenvalue weighted by Gasteiger charge is -2.36. The molecule has 3 aromatic rings. The van der Waals surface area contributed by atoms with Crippen LogP contribution in [0.2, 0.25) is 0 Å². The largest absolute Gasteiger partial charge is 0.330 e. The fourth-order valence-corrected chi connectivity index (χ4v) is 5.19. The molecule has 1 atom stereocenters. The number of aryl methyl sites for hydroxylation is 2. The molecular formula is C30H37FN4O2. The van der Waals surface area contributed by atoms with Gasteiger partial charge in [-0.3, -0.25) is 14.2 Å². The average Bonchev–Trinajstić information content (AvgIpc) is 2.90. The smallest absolute Gasteiger partial charge is 0.257 e.